The second-order valence-electron chi connectivity index (χ2n) is 7.15. The molecular formula is C23H28N2O4. The molecule has 1 aliphatic rings. The lowest BCUT2D eigenvalue weighted by Crippen LogP contribution is -2.43. The molecule has 2 aromatic carbocycles. The number of likely N-dealkylation sites (tertiary alicyclic amines) is 1. The highest BCUT2D eigenvalue weighted by Crippen LogP contribution is 2.29. The molecule has 1 saturated heterocycles. The van der Waals surface area contributed by atoms with E-state index in [0.29, 0.717) is 34.4 Å². The van der Waals surface area contributed by atoms with Crippen LogP contribution in [0.25, 0.3) is 0 Å². The van der Waals surface area contributed by atoms with E-state index in [0.717, 1.165) is 25.8 Å². The second-order valence-corrected chi connectivity index (χ2v) is 7.15. The van der Waals surface area contributed by atoms with Crippen LogP contribution in [0.2, 0.25) is 0 Å². The minimum atomic E-state index is -0.267. The molecule has 0 spiro atoms. The average Bonchev–Trinajstić information content (AvgIpc) is 2.78. The third-order valence-corrected chi connectivity index (χ3v) is 5.41. The highest BCUT2D eigenvalue weighted by Gasteiger charge is 2.26. The van der Waals surface area contributed by atoms with Crippen LogP contribution in [-0.2, 0) is 0 Å². The van der Waals surface area contributed by atoms with Crippen molar-refractivity contribution in [1.29, 1.82) is 0 Å². The van der Waals surface area contributed by atoms with Crippen LogP contribution in [0.15, 0.2) is 42.5 Å². The first kappa shape index (κ1) is 20.7. The molecule has 1 fully saturated rings. The summed E-state index contributed by atoms with van der Waals surface area (Å²) in [5.41, 5.74) is 1.64. The van der Waals surface area contributed by atoms with E-state index in [9.17, 15) is 9.59 Å². The van der Waals surface area contributed by atoms with E-state index in [2.05, 4.69) is 12.2 Å². The lowest BCUT2D eigenvalue weighted by molar-refractivity contribution is 0.0607. The maximum absolute atomic E-state index is 12.9. The summed E-state index contributed by atoms with van der Waals surface area (Å²) in [6.45, 7) is 2.92. The summed E-state index contributed by atoms with van der Waals surface area (Å²) in [6.07, 6.45) is 4.25. The number of hydrogen-bond acceptors (Lipinski definition) is 4. The molecule has 0 aliphatic carbocycles. The van der Waals surface area contributed by atoms with E-state index in [1.807, 2.05) is 4.90 Å². The Labute approximate surface area is 171 Å². The van der Waals surface area contributed by atoms with Crippen LogP contribution in [0, 0.1) is 0 Å². The molecule has 1 aliphatic heterocycles. The lowest BCUT2D eigenvalue weighted by Gasteiger charge is -2.35. The molecule has 0 aromatic heterocycles. The van der Waals surface area contributed by atoms with Gasteiger partial charge < -0.3 is 19.7 Å². The zero-order valence-electron chi connectivity index (χ0n) is 17.2. The van der Waals surface area contributed by atoms with E-state index in [1.165, 1.54) is 13.5 Å². The summed E-state index contributed by atoms with van der Waals surface area (Å²) >= 11 is 0. The van der Waals surface area contributed by atoms with E-state index >= 15 is 0 Å². The summed E-state index contributed by atoms with van der Waals surface area (Å²) in [7, 11) is 3.11. The molecule has 1 unspecified atom stereocenters. The van der Waals surface area contributed by atoms with Crippen LogP contribution >= 0.6 is 0 Å². The number of methoxy groups -OCH3 is 2. The molecular weight excluding hydrogens is 368 g/mol. The fraction of sp³-hybridized carbons (Fsp3) is 0.391. The predicted octanol–water partition coefficient (Wildman–Crippen LogP) is 4.36. The molecule has 1 N–H and O–H groups in total. The van der Waals surface area contributed by atoms with Crippen molar-refractivity contribution in [3.63, 3.8) is 0 Å². The number of piperidine rings is 1. The largest absolute Gasteiger partial charge is 0.497 e. The van der Waals surface area contributed by atoms with Gasteiger partial charge in [-0.3, -0.25) is 9.59 Å². The van der Waals surface area contributed by atoms with E-state index in [1.54, 1.807) is 49.6 Å². The minimum absolute atomic E-state index is 0.0420. The van der Waals surface area contributed by atoms with Gasteiger partial charge in [0.25, 0.3) is 11.8 Å². The third-order valence-electron chi connectivity index (χ3n) is 5.41. The van der Waals surface area contributed by atoms with Gasteiger partial charge in [0.1, 0.15) is 11.5 Å². The molecule has 1 atom stereocenters. The molecule has 2 amide bonds. The normalized spacial score (nSPS) is 16.2. The van der Waals surface area contributed by atoms with Crippen LogP contribution in [0.1, 0.15) is 53.3 Å². The van der Waals surface area contributed by atoms with Crippen LogP contribution in [0.3, 0.4) is 0 Å². The quantitative estimate of drug-likeness (QED) is 0.788. The predicted molar refractivity (Wildman–Crippen MR) is 113 cm³/mol. The van der Waals surface area contributed by atoms with Gasteiger partial charge in [-0.15, -0.1) is 0 Å². The van der Waals surface area contributed by atoms with Crippen LogP contribution < -0.4 is 14.8 Å². The van der Waals surface area contributed by atoms with E-state index in [4.69, 9.17) is 9.47 Å². The summed E-state index contributed by atoms with van der Waals surface area (Å²) in [6, 6.07) is 12.3. The number of carbonyl (C=O) groups is 2. The van der Waals surface area contributed by atoms with Gasteiger partial charge in [0, 0.05) is 29.8 Å². The monoisotopic (exact) mass is 396 g/mol. The Morgan fingerprint density at radius 2 is 1.76 bits per heavy atom. The Balaban J connectivity index is 1.71. The van der Waals surface area contributed by atoms with Crippen molar-refractivity contribution in [1.82, 2.24) is 4.90 Å². The standard InChI is InChI=1S/C23H28N2O4/c1-4-18-7-5-6-14-25(18)23(27)17-10-8-16(9-11-17)22(26)24-20-13-12-19(28-2)15-21(20)29-3/h8-13,15,18H,4-7,14H2,1-3H3,(H,24,26). The number of ether oxygens (including phenoxy) is 2. The summed E-state index contributed by atoms with van der Waals surface area (Å²) in [4.78, 5) is 27.5. The highest BCUT2D eigenvalue weighted by molar-refractivity contribution is 6.05. The van der Waals surface area contributed by atoms with Crippen molar-refractivity contribution in [3.05, 3.63) is 53.6 Å². The van der Waals surface area contributed by atoms with Crippen LogP contribution in [-0.4, -0.2) is 43.5 Å². The number of carbonyl (C=O) groups excluding carboxylic acids is 2. The minimum Gasteiger partial charge on any atom is -0.497 e. The van der Waals surface area contributed by atoms with Gasteiger partial charge in [-0.05, 0) is 62.1 Å². The van der Waals surface area contributed by atoms with Crippen molar-refractivity contribution in [3.8, 4) is 11.5 Å². The average molecular weight is 396 g/mol. The Kier molecular flexibility index (Phi) is 6.75. The number of rotatable bonds is 6. The van der Waals surface area contributed by atoms with Crippen molar-refractivity contribution in [2.45, 2.75) is 38.6 Å². The molecule has 29 heavy (non-hydrogen) atoms. The van der Waals surface area contributed by atoms with Crippen molar-refractivity contribution in [2.24, 2.45) is 0 Å². The Hall–Kier alpha value is -3.02. The molecule has 6 heteroatoms. The van der Waals surface area contributed by atoms with Gasteiger partial charge >= 0.3 is 0 Å². The Bertz CT molecular complexity index is 864. The van der Waals surface area contributed by atoms with Gasteiger partial charge in [-0.25, -0.2) is 0 Å². The molecule has 0 saturated carbocycles. The van der Waals surface area contributed by atoms with Crippen molar-refractivity contribution < 1.29 is 19.1 Å². The smallest absolute Gasteiger partial charge is 0.255 e. The number of nitrogens with zero attached hydrogens (tertiary/aromatic N) is 1. The zero-order valence-corrected chi connectivity index (χ0v) is 17.2. The maximum atomic E-state index is 12.9. The first-order chi connectivity index (χ1) is 14.1. The zero-order chi connectivity index (χ0) is 20.8. The van der Waals surface area contributed by atoms with Gasteiger partial charge in [-0.1, -0.05) is 6.92 Å². The lowest BCUT2D eigenvalue weighted by atomic mass is 9.98. The van der Waals surface area contributed by atoms with Gasteiger partial charge in [0.15, 0.2) is 0 Å². The fourth-order valence-corrected chi connectivity index (χ4v) is 3.72. The summed E-state index contributed by atoms with van der Waals surface area (Å²) in [5.74, 6) is 0.934. The SMILES string of the molecule is CCC1CCCCN1C(=O)c1ccc(C(=O)Nc2ccc(OC)cc2OC)cc1. The van der Waals surface area contributed by atoms with Gasteiger partial charge in [-0.2, -0.15) is 0 Å². The Morgan fingerprint density at radius 1 is 1.03 bits per heavy atom. The first-order valence-electron chi connectivity index (χ1n) is 10.0. The van der Waals surface area contributed by atoms with E-state index < -0.39 is 0 Å². The number of amides is 2. The van der Waals surface area contributed by atoms with Gasteiger partial charge in [0.2, 0.25) is 0 Å². The molecule has 1 heterocycles. The van der Waals surface area contributed by atoms with Crippen LogP contribution in [0.4, 0.5) is 5.69 Å². The molecule has 0 bridgehead atoms. The highest BCUT2D eigenvalue weighted by atomic mass is 16.5. The molecule has 6 nitrogen and oxygen atoms in total. The first-order valence-corrected chi connectivity index (χ1v) is 10.0. The third kappa shape index (κ3) is 4.70. The number of anilines is 1. The maximum Gasteiger partial charge on any atom is 0.255 e. The number of benzene rings is 2. The molecule has 2 aromatic rings. The topological polar surface area (TPSA) is 67.9 Å². The molecule has 3 rings (SSSR count). The summed E-state index contributed by atoms with van der Waals surface area (Å²) in [5, 5.41) is 2.84. The number of hydrogen-bond donors (Lipinski definition) is 1. The van der Waals surface area contributed by atoms with E-state index in [-0.39, 0.29) is 11.8 Å². The molecule has 154 valence electrons. The van der Waals surface area contributed by atoms with Crippen molar-refractivity contribution >= 4 is 17.5 Å². The Morgan fingerprint density at radius 3 is 2.41 bits per heavy atom. The van der Waals surface area contributed by atoms with Crippen molar-refractivity contribution in [2.75, 3.05) is 26.1 Å². The van der Waals surface area contributed by atoms with Gasteiger partial charge in [0.05, 0.1) is 19.9 Å². The fourth-order valence-electron chi connectivity index (χ4n) is 3.72. The second kappa shape index (κ2) is 9.45. The number of nitrogens with one attached hydrogen (secondary N) is 1. The molecule has 0 radical (unpaired) electrons. The van der Waals surface area contributed by atoms with Crippen LogP contribution in [0.5, 0.6) is 11.5 Å². The summed E-state index contributed by atoms with van der Waals surface area (Å²) < 4.78 is 10.5.